The first-order valence-electron chi connectivity index (χ1n) is 10.0. The number of rotatable bonds is 5. The average molecular weight is 410 g/mol. The number of anilines is 1. The van der Waals surface area contributed by atoms with Gasteiger partial charge in [-0.2, -0.15) is 0 Å². The summed E-state index contributed by atoms with van der Waals surface area (Å²) in [6.07, 6.45) is 0.991. The summed E-state index contributed by atoms with van der Waals surface area (Å²) in [6.45, 7) is 1.55. The van der Waals surface area contributed by atoms with Gasteiger partial charge in [0, 0.05) is 31.7 Å². The second-order valence-corrected chi connectivity index (χ2v) is 7.59. The summed E-state index contributed by atoms with van der Waals surface area (Å²) in [4.78, 5) is 29.3. The Hall–Kier alpha value is -3.22. The lowest BCUT2D eigenvalue weighted by Crippen LogP contribution is -2.40. The Balaban J connectivity index is 1.47. The molecule has 2 heterocycles. The standard InChI is InChI=1S/C23H26N2O5/c1-28-19-6-4-18(5-7-19)25-14-17(12-22(25)26)23(27)24-9-8-15-10-20(29-2)21(30-3)11-16(15)13-24/h4-7,10-11,17H,8-9,12-14H2,1-3H3/t17-/m0/s1. The Morgan fingerprint density at radius 2 is 1.63 bits per heavy atom. The van der Waals surface area contributed by atoms with Gasteiger partial charge in [-0.05, 0) is 53.9 Å². The van der Waals surface area contributed by atoms with Crippen LogP contribution in [0.15, 0.2) is 36.4 Å². The van der Waals surface area contributed by atoms with Crippen LogP contribution < -0.4 is 19.1 Å². The van der Waals surface area contributed by atoms with E-state index >= 15 is 0 Å². The van der Waals surface area contributed by atoms with Crippen molar-refractivity contribution in [3.05, 3.63) is 47.5 Å². The maximum atomic E-state index is 13.2. The highest BCUT2D eigenvalue weighted by molar-refractivity contribution is 6.00. The van der Waals surface area contributed by atoms with Crippen LogP contribution >= 0.6 is 0 Å². The highest BCUT2D eigenvalue weighted by Gasteiger charge is 2.38. The van der Waals surface area contributed by atoms with Gasteiger partial charge in [-0.25, -0.2) is 0 Å². The van der Waals surface area contributed by atoms with Crippen molar-refractivity contribution in [1.29, 1.82) is 0 Å². The van der Waals surface area contributed by atoms with Crippen molar-refractivity contribution < 1.29 is 23.8 Å². The molecule has 0 bridgehead atoms. The number of hydrogen-bond acceptors (Lipinski definition) is 5. The van der Waals surface area contributed by atoms with Crippen LogP contribution in [0.1, 0.15) is 17.5 Å². The molecule has 1 saturated heterocycles. The minimum Gasteiger partial charge on any atom is -0.497 e. The van der Waals surface area contributed by atoms with E-state index in [4.69, 9.17) is 14.2 Å². The van der Waals surface area contributed by atoms with E-state index in [1.807, 2.05) is 41.3 Å². The highest BCUT2D eigenvalue weighted by Crippen LogP contribution is 2.34. The van der Waals surface area contributed by atoms with Gasteiger partial charge < -0.3 is 24.0 Å². The van der Waals surface area contributed by atoms with E-state index in [1.165, 1.54) is 5.56 Å². The predicted molar refractivity (Wildman–Crippen MR) is 112 cm³/mol. The van der Waals surface area contributed by atoms with Gasteiger partial charge in [-0.1, -0.05) is 0 Å². The minimum absolute atomic E-state index is 0.0256. The number of fused-ring (bicyclic) bond motifs is 1. The molecule has 0 radical (unpaired) electrons. The summed E-state index contributed by atoms with van der Waals surface area (Å²) < 4.78 is 16.0. The van der Waals surface area contributed by atoms with Crippen molar-refractivity contribution in [2.45, 2.75) is 19.4 Å². The van der Waals surface area contributed by atoms with E-state index in [9.17, 15) is 9.59 Å². The topological polar surface area (TPSA) is 68.3 Å². The molecule has 2 aromatic carbocycles. The summed E-state index contributed by atoms with van der Waals surface area (Å²) in [5.41, 5.74) is 3.01. The van der Waals surface area contributed by atoms with Gasteiger partial charge in [0.25, 0.3) is 0 Å². The number of carbonyl (C=O) groups is 2. The van der Waals surface area contributed by atoms with E-state index in [2.05, 4.69) is 0 Å². The van der Waals surface area contributed by atoms with Crippen LogP contribution in [0, 0.1) is 5.92 Å². The van der Waals surface area contributed by atoms with Crippen LogP contribution in [0.3, 0.4) is 0 Å². The lowest BCUT2D eigenvalue weighted by atomic mass is 9.97. The van der Waals surface area contributed by atoms with Crippen LogP contribution in [0.4, 0.5) is 5.69 Å². The van der Waals surface area contributed by atoms with Gasteiger partial charge in [0.05, 0.1) is 27.2 Å². The molecule has 30 heavy (non-hydrogen) atoms. The lowest BCUT2D eigenvalue weighted by molar-refractivity contribution is -0.136. The zero-order valence-corrected chi connectivity index (χ0v) is 17.5. The number of amides is 2. The number of carbonyl (C=O) groups excluding carboxylic acids is 2. The third-order valence-electron chi connectivity index (χ3n) is 5.89. The molecule has 0 aromatic heterocycles. The first-order chi connectivity index (χ1) is 14.5. The molecule has 1 fully saturated rings. The maximum absolute atomic E-state index is 13.2. The number of hydrogen-bond donors (Lipinski definition) is 0. The smallest absolute Gasteiger partial charge is 0.228 e. The fraction of sp³-hybridized carbons (Fsp3) is 0.391. The Labute approximate surface area is 176 Å². The summed E-state index contributed by atoms with van der Waals surface area (Å²) in [7, 11) is 4.83. The highest BCUT2D eigenvalue weighted by atomic mass is 16.5. The molecular weight excluding hydrogens is 384 g/mol. The zero-order chi connectivity index (χ0) is 21.3. The number of nitrogens with zero attached hydrogens (tertiary/aromatic N) is 2. The Kier molecular flexibility index (Phi) is 5.53. The van der Waals surface area contributed by atoms with Gasteiger partial charge in [-0.3, -0.25) is 9.59 Å². The molecule has 4 rings (SSSR count). The van der Waals surface area contributed by atoms with E-state index < -0.39 is 0 Å². The third-order valence-corrected chi connectivity index (χ3v) is 5.89. The fourth-order valence-corrected chi connectivity index (χ4v) is 4.21. The normalized spacial score (nSPS) is 18.2. The zero-order valence-electron chi connectivity index (χ0n) is 17.5. The molecule has 0 unspecified atom stereocenters. The molecule has 1 atom stereocenters. The summed E-state index contributed by atoms with van der Waals surface area (Å²) in [5.74, 6) is 1.76. The van der Waals surface area contributed by atoms with Crippen LogP contribution in [-0.4, -0.2) is 51.1 Å². The van der Waals surface area contributed by atoms with Crippen molar-refractivity contribution in [2.75, 3.05) is 39.3 Å². The fourth-order valence-electron chi connectivity index (χ4n) is 4.21. The lowest BCUT2D eigenvalue weighted by Gasteiger charge is -2.31. The second-order valence-electron chi connectivity index (χ2n) is 7.59. The summed E-state index contributed by atoms with van der Waals surface area (Å²) in [5, 5.41) is 0. The predicted octanol–water partition coefficient (Wildman–Crippen LogP) is 2.65. The SMILES string of the molecule is COc1ccc(N2C[C@@H](C(=O)N3CCc4cc(OC)c(OC)cc4C3)CC2=O)cc1. The Morgan fingerprint density at radius 3 is 2.27 bits per heavy atom. The molecule has 2 aliphatic heterocycles. The van der Waals surface area contributed by atoms with Crippen LogP contribution in [0.25, 0.3) is 0 Å². The number of benzene rings is 2. The largest absolute Gasteiger partial charge is 0.497 e. The molecule has 7 nitrogen and oxygen atoms in total. The molecule has 2 aromatic rings. The number of methoxy groups -OCH3 is 3. The average Bonchev–Trinajstić information content (AvgIpc) is 3.18. The van der Waals surface area contributed by atoms with E-state index in [0.717, 1.165) is 23.4 Å². The molecule has 2 aliphatic rings. The molecule has 158 valence electrons. The second kappa shape index (κ2) is 8.26. The molecule has 0 spiro atoms. The minimum atomic E-state index is -0.332. The molecule has 0 aliphatic carbocycles. The van der Waals surface area contributed by atoms with Gasteiger partial charge in [0.1, 0.15) is 5.75 Å². The molecular formula is C23H26N2O5. The van der Waals surface area contributed by atoms with E-state index in [0.29, 0.717) is 31.1 Å². The van der Waals surface area contributed by atoms with Gasteiger partial charge in [0.2, 0.25) is 11.8 Å². The third kappa shape index (κ3) is 3.67. The first kappa shape index (κ1) is 20.1. The van der Waals surface area contributed by atoms with Crippen molar-refractivity contribution in [2.24, 2.45) is 5.92 Å². The van der Waals surface area contributed by atoms with Crippen molar-refractivity contribution in [3.63, 3.8) is 0 Å². The van der Waals surface area contributed by atoms with Gasteiger partial charge >= 0.3 is 0 Å². The monoisotopic (exact) mass is 410 g/mol. The van der Waals surface area contributed by atoms with Crippen molar-refractivity contribution >= 4 is 17.5 Å². The summed E-state index contributed by atoms with van der Waals surface area (Å²) in [6, 6.07) is 11.3. The maximum Gasteiger partial charge on any atom is 0.228 e. The summed E-state index contributed by atoms with van der Waals surface area (Å²) >= 11 is 0. The molecule has 0 N–H and O–H groups in total. The van der Waals surface area contributed by atoms with Crippen molar-refractivity contribution in [1.82, 2.24) is 4.90 Å². The quantitative estimate of drug-likeness (QED) is 0.758. The van der Waals surface area contributed by atoms with E-state index in [-0.39, 0.29) is 24.2 Å². The Bertz CT molecular complexity index is 957. The van der Waals surface area contributed by atoms with Gasteiger partial charge in [0.15, 0.2) is 11.5 Å². The Morgan fingerprint density at radius 1 is 0.967 bits per heavy atom. The molecule has 0 saturated carbocycles. The molecule has 2 amide bonds. The van der Waals surface area contributed by atoms with Crippen LogP contribution in [-0.2, 0) is 22.6 Å². The van der Waals surface area contributed by atoms with Gasteiger partial charge in [-0.15, -0.1) is 0 Å². The van der Waals surface area contributed by atoms with Crippen molar-refractivity contribution in [3.8, 4) is 17.2 Å². The van der Waals surface area contributed by atoms with Crippen LogP contribution in [0.2, 0.25) is 0 Å². The molecule has 7 heteroatoms. The van der Waals surface area contributed by atoms with Crippen LogP contribution in [0.5, 0.6) is 17.2 Å². The van der Waals surface area contributed by atoms with E-state index in [1.54, 1.807) is 26.2 Å². The number of ether oxygens (including phenoxy) is 3. The first-order valence-corrected chi connectivity index (χ1v) is 10.0.